The number of hydrogen-bond acceptors (Lipinski definition) is 6. The monoisotopic (exact) mass is 301 g/mol. The van der Waals surface area contributed by atoms with E-state index in [-0.39, 0.29) is 6.10 Å². The highest BCUT2D eigenvalue weighted by Crippen LogP contribution is 2.30. The van der Waals surface area contributed by atoms with Crippen LogP contribution in [0.2, 0.25) is 0 Å². The zero-order valence-corrected chi connectivity index (χ0v) is 10.6. The molecule has 1 saturated heterocycles. The molecule has 0 bridgehead atoms. The Morgan fingerprint density at radius 1 is 1.50 bits per heavy atom. The minimum absolute atomic E-state index is 0.0374. The van der Waals surface area contributed by atoms with E-state index in [2.05, 4.69) is 31.1 Å². The molecule has 7 heteroatoms. The molecule has 0 spiro atoms. The summed E-state index contributed by atoms with van der Waals surface area (Å²) >= 11 is 4.82. The van der Waals surface area contributed by atoms with E-state index in [4.69, 9.17) is 9.26 Å². The number of ether oxygens (including phenoxy) is 1. The van der Waals surface area contributed by atoms with Crippen molar-refractivity contribution in [1.82, 2.24) is 15.1 Å². The van der Waals surface area contributed by atoms with Gasteiger partial charge in [-0.25, -0.2) is 4.98 Å². The summed E-state index contributed by atoms with van der Waals surface area (Å²) in [5.74, 6) is 1.08. The predicted octanol–water partition coefficient (Wildman–Crippen LogP) is 2.81. The first-order chi connectivity index (χ1) is 7.83. The van der Waals surface area contributed by atoms with Gasteiger partial charge >= 0.3 is 0 Å². The number of hydrogen-bond donors (Lipinski definition) is 0. The van der Waals surface area contributed by atoms with Crippen molar-refractivity contribution in [1.29, 1.82) is 0 Å². The fraction of sp³-hybridized carbons (Fsp3) is 0.444. The lowest BCUT2D eigenvalue weighted by molar-refractivity contribution is 0.0835. The molecule has 1 fully saturated rings. The van der Waals surface area contributed by atoms with Crippen LogP contribution >= 0.6 is 27.3 Å². The van der Waals surface area contributed by atoms with E-state index in [9.17, 15) is 0 Å². The average molecular weight is 302 g/mol. The molecular weight excluding hydrogens is 294 g/mol. The zero-order valence-electron chi connectivity index (χ0n) is 8.22. The lowest BCUT2D eigenvalue weighted by Crippen LogP contribution is -1.95. The third kappa shape index (κ3) is 1.90. The van der Waals surface area contributed by atoms with Crippen molar-refractivity contribution in [2.24, 2.45) is 0 Å². The van der Waals surface area contributed by atoms with Crippen molar-refractivity contribution < 1.29 is 9.26 Å². The molecule has 3 heterocycles. The molecule has 2 aromatic heterocycles. The van der Waals surface area contributed by atoms with Crippen molar-refractivity contribution in [2.45, 2.75) is 18.9 Å². The van der Waals surface area contributed by atoms with Gasteiger partial charge in [0.05, 0.1) is 9.98 Å². The van der Waals surface area contributed by atoms with E-state index < -0.39 is 0 Å². The summed E-state index contributed by atoms with van der Waals surface area (Å²) in [7, 11) is 0. The Morgan fingerprint density at radius 2 is 2.44 bits per heavy atom. The van der Waals surface area contributed by atoms with Crippen molar-refractivity contribution in [3.63, 3.8) is 0 Å². The SMILES string of the molecule is Brc1cnc(-c2noc(C3CCCO3)n2)s1. The van der Waals surface area contributed by atoms with Gasteiger partial charge in [0, 0.05) is 6.61 Å². The minimum atomic E-state index is -0.0374. The third-order valence-electron chi connectivity index (χ3n) is 2.32. The maximum absolute atomic E-state index is 5.47. The van der Waals surface area contributed by atoms with Gasteiger partial charge in [-0.3, -0.25) is 0 Å². The first-order valence-electron chi connectivity index (χ1n) is 4.90. The maximum atomic E-state index is 5.47. The molecular formula is C9H8BrN3O2S. The van der Waals surface area contributed by atoms with Crippen molar-refractivity contribution in [2.75, 3.05) is 6.61 Å². The molecule has 0 amide bonds. The van der Waals surface area contributed by atoms with E-state index in [1.165, 1.54) is 11.3 Å². The van der Waals surface area contributed by atoms with E-state index in [1.807, 2.05) is 0 Å². The molecule has 2 aromatic rings. The number of thiazole rings is 1. The first kappa shape index (κ1) is 10.4. The molecule has 0 radical (unpaired) electrons. The van der Waals surface area contributed by atoms with Crippen LogP contribution in [0.5, 0.6) is 0 Å². The van der Waals surface area contributed by atoms with Crippen molar-refractivity contribution in [3.05, 3.63) is 15.9 Å². The van der Waals surface area contributed by atoms with Crippen LogP contribution < -0.4 is 0 Å². The van der Waals surface area contributed by atoms with Gasteiger partial charge in [0.25, 0.3) is 5.89 Å². The fourth-order valence-electron chi connectivity index (χ4n) is 1.58. The molecule has 0 aromatic carbocycles. The summed E-state index contributed by atoms with van der Waals surface area (Å²) < 4.78 is 11.6. The molecule has 3 rings (SSSR count). The minimum Gasteiger partial charge on any atom is -0.368 e. The Balaban J connectivity index is 1.87. The van der Waals surface area contributed by atoms with Crippen LogP contribution in [-0.4, -0.2) is 21.7 Å². The summed E-state index contributed by atoms with van der Waals surface area (Å²) in [5, 5.41) is 4.66. The molecule has 84 valence electrons. The fourth-order valence-corrected chi connectivity index (χ4v) is 2.72. The number of halogens is 1. The number of rotatable bonds is 2. The Hall–Kier alpha value is -0.790. The molecule has 1 aliphatic rings. The van der Waals surface area contributed by atoms with E-state index in [1.54, 1.807) is 6.20 Å². The van der Waals surface area contributed by atoms with Gasteiger partial charge in [0.1, 0.15) is 6.10 Å². The van der Waals surface area contributed by atoms with Gasteiger partial charge in [0.15, 0.2) is 5.01 Å². The van der Waals surface area contributed by atoms with Gasteiger partial charge in [-0.05, 0) is 28.8 Å². The topological polar surface area (TPSA) is 61.0 Å². The van der Waals surface area contributed by atoms with E-state index >= 15 is 0 Å². The molecule has 1 unspecified atom stereocenters. The summed E-state index contributed by atoms with van der Waals surface area (Å²) in [6.45, 7) is 0.769. The second-order valence-corrected chi connectivity index (χ2v) is 5.84. The van der Waals surface area contributed by atoms with Gasteiger partial charge in [-0.15, -0.1) is 11.3 Å². The Bertz CT molecular complexity index is 492. The van der Waals surface area contributed by atoms with Crippen LogP contribution in [0.1, 0.15) is 24.8 Å². The Kier molecular flexibility index (Phi) is 2.74. The molecule has 0 N–H and O–H groups in total. The molecule has 5 nitrogen and oxygen atoms in total. The number of aromatic nitrogens is 3. The molecule has 16 heavy (non-hydrogen) atoms. The lowest BCUT2D eigenvalue weighted by atomic mass is 10.2. The van der Waals surface area contributed by atoms with Crippen LogP contribution in [0.25, 0.3) is 10.8 Å². The average Bonchev–Trinajstić information content (AvgIpc) is 2.97. The van der Waals surface area contributed by atoms with E-state index in [0.29, 0.717) is 11.7 Å². The van der Waals surface area contributed by atoms with Crippen molar-refractivity contribution >= 4 is 27.3 Å². The summed E-state index contributed by atoms with van der Waals surface area (Å²) in [5.41, 5.74) is 0. The van der Waals surface area contributed by atoms with Crippen molar-refractivity contribution in [3.8, 4) is 10.8 Å². The van der Waals surface area contributed by atoms with Gasteiger partial charge in [0.2, 0.25) is 5.82 Å². The second kappa shape index (κ2) is 4.23. The highest BCUT2D eigenvalue weighted by molar-refractivity contribution is 9.11. The normalized spacial score (nSPS) is 20.4. The van der Waals surface area contributed by atoms with Crippen LogP contribution in [0.3, 0.4) is 0 Å². The van der Waals surface area contributed by atoms with Crippen LogP contribution in [0.4, 0.5) is 0 Å². The molecule has 0 aliphatic carbocycles. The van der Waals surface area contributed by atoms with Gasteiger partial charge in [-0.2, -0.15) is 4.98 Å². The summed E-state index contributed by atoms with van der Waals surface area (Å²) in [6, 6.07) is 0. The summed E-state index contributed by atoms with van der Waals surface area (Å²) in [6.07, 6.45) is 3.68. The molecule has 1 aliphatic heterocycles. The van der Waals surface area contributed by atoms with Gasteiger partial charge in [-0.1, -0.05) is 5.16 Å². The highest BCUT2D eigenvalue weighted by atomic mass is 79.9. The van der Waals surface area contributed by atoms with Gasteiger partial charge < -0.3 is 9.26 Å². The zero-order chi connectivity index (χ0) is 11.0. The quantitative estimate of drug-likeness (QED) is 0.853. The first-order valence-corrected chi connectivity index (χ1v) is 6.51. The van der Waals surface area contributed by atoms with Crippen LogP contribution in [0, 0.1) is 0 Å². The molecule has 0 saturated carbocycles. The summed E-state index contributed by atoms with van der Waals surface area (Å²) in [4.78, 5) is 8.47. The lowest BCUT2D eigenvalue weighted by Gasteiger charge is -2.00. The largest absolute Gasteiger partial charge is 0.368 e. The maximum Gasteiger partial charge on any atom is 0.256 e. The number of nitrogens with zero attached hydrogens (tertiary/aromatic N) is 3. The third-order valence-corrected chi connectivity index (χ3v) is 3.79. The molecule has 1 atom stereocenters. The smallest absolute Gasteiger partial charge is 0.256 e. The van der Waals surface area contributed by atoms with Crippen LogP contribution in [-0.2, 0) is 4.74 Å². The Morgan fingerprint density at radius 3 is 3.12 bits per heavy atom. The van der Waals surface area contributed by atoms with Crippen LogP contribution in [0.15, 0.2) is 14.5 Å². The van der Waals surface area contributed by atoms with E-state index in [0.717, 1.165) is 28.2 Å². The Labute approximate surface area is 104 Å². The highest BCUT2D eigenvalue weighted by Gasteiger charge is 2.24. The standard InChI is InChI=1S/C9H8BrN3O2S/c10-6-4-11-9(16-6)7-12-8(15-13-7)5-2-1-3-14-5/h4-5H,1-3H2. The predicted molar refractivity (Wildman–Crippen MR) is 61.0 cm³/mol. The second-order valence-electron chi connectivity index (χ2n) is 3.43.